The first-order valence-corrected chi connectivity index (χ1v) is 10.4. The average molecular weight is 399 g/mol. The highest BCUT2D eigenvalue weighted by molar-refractivity contribution is 7.89. The van der Waals surface area contributed by atoms with Crippen molar-refractivity contribution in [3.05, 3.63) is 101 Å². The van der Waals surface area contributed by atoms with Crippen molar-refractivity contribution in [2.75, 3.05) is 0 Å². The minimum atomic E-state index is -3.78. The number of rotatable bonds is 8. The van der Waals surface area contributed by atoms with Crippen molar-refractivity contribution in [3.63, 3.8) is 0 Å². The Bertz CT molecular complexity index is 1020. The summed E-state index contributed by atoms with van der Waals surface area (Å²) in [6.07, 6.45) is 0. The number of hydrogen-bond donors (Lipinski definition) is 1. The van der Waals surface area contributed by atoms with E-state index >= 15 is 0 Å². The summed E-state index contributed by atoms with van der Waals surface area (Å²) in [7, 11) is -3.78. The monoisotopic (exact) mass is 399 g/mol. The number of sulfonamides is 1. The van der Waals surface area contributed by atoms with Gasteiger partial charge in [0.2, 0.25) is 10.0 Å². The lowest BCUT2D eigenvalue weighted by molar-refractivity contribution is 0.107. The van der Waals surface area contributed by atoms with Crippen LogP contribution in [-0.2, 0) is 34.5 Å². The smallest absolute Gasteiger partial charge is 0.241 e. The Morgan fingerprint density at radius 3 is 2.14 bits per heavy atom. The lowest BCUT2D eigenvalue weighted by Gasteiger charge is -2.10. The molecule has 6 heteroatoms. The molecule has 0 atom stereocenters. The number of hydrogen-bond acceptors (Lipinski definition) is 3. The second-order valence-electron chi connectivity index (χ2n) is 6.53. The molecule has 1 N–H and O–H groups in total. The molecule has 0 aromatic heterocycles. The van der Waals surface area contributed by atoms with Crippen molar-refractivity contribution < 1.29 is 17.5 Å². The van der Waals surface area contributed by atoms with Gasteiger partial charge in [0.15, 0.2) is 0 Å². The van der Waals surface area contributed by atoms with Crippen LogP contribution in [0.1, 0.15) is 22.3 Å². The van der Waals surface area contributed by atoms with E-state index in [-0.39, 0.29) is 11.4 Å². The van der Waals surface area contributed by atoms with E-state index in [4.69, 9.17) is 4.74 Å². The van der Waals surface area contributed by atoms with E-state index in [2.05, 4.69) is 4.72 Å². The van der Waals surface area contributed by atoms with Gasteiger partial charge in [0, 0.05) is 6.54 Å². The number of nitrogens with one attached hydrogen (secondary N) is 1. The molecule has 0 unspecified atom stereocenters. The largest absolute Gasteiger partial charge is 0.372 e. The molecule has 0 fully saturated rings. The van der Waals surface area contributed by atoms with E-state index < -0.39 is 15.8 Å². The van der Waals surface area contributed by atoms with Gasteiger partial charge in [-0.15, -0.1) is 0 Å². The van der Waals surface area contributed by atoms with Crippen LogP contribution in [-0.4, -0.2) is 8.42 Å². The second-order valence-corrected chi connectivity index (χ2v) is 8.26. The maximum absolute atomic E-state index is 13.4. The topological polar surface area (TPSA) is 55.4 Å². The molecule has 0 aliphatic heterocycles. The standard InChI is InChI=1S/C22H22FNO3S/c1-17-7-12-21(23)13-22(17)28(25,26)24-14-18-8-10-20(11-9-18)16-27-15-19-5-3-2-4-6-19/h2-13,24H,14-16H2,1H3. The van der Waals surface area contributed by atoms with Gasteiger partial charge in [-0.3, -0.25) is 0 Å². The Labute approximate surface area is 165 Å². The minimum absolute atomic E-state index is 0.0431. The zero-order valence-electron chi connectivity index (χ0n) is 15.6. The molecule has 0 saturated heterocycles. The summed E-state index contributed by atoms with van der Waals surface area (Å²) in [6, 6.07) is 21.2. The molecular formula is C22H22FNO3S. The van der Waals surface area contributed by atoms with Gasteiger partial charge in [0.05, 0.1) is 18.1 Å². The Hall–Kier alpha value is -2.54. The summed E-state index contributed by atoms with van der Waals surface area (Å²) in [6.45, 7) is 2.78. The third kappa shape index (κ3) is 5.48. The predicted molar refractivity (Wildman–Crippen MR) is 107 cm³/mol. The van der Waals surface area contributed by atoms with Gasteiger partial charge < -0.3 is 4.74 Å². The molecule has 3 rings (SSSR count). The SMILES string of the molecule is Cc1ccc(F)cc1S(=O)(=O)NCc1ccc(COCc2ccccc2)cc1. The molecule has 3 aromatic carbocycles. The molecule has 3 aromatic rings. The van der Waals surface area contributed by atoms with Crippen LogP contribution in [0.25, 0.3) is 0 Å². The molecule has 28 heavy (non-hydrogen) atoms. The van der Waals surface area contributed by atoms with Crippen molar-refractivity contribution in [1.82, 2.24) is 4.72 Å². The van der Waals surface area contributed by atoms with E-state index in [1.807, 2.05) is 54.6 Å². The van der Waals surface area contributed by atoms with Crippen molar-refractivity contribution >= 4 is 10.0 Å². The maximum Gasteiger partial charge on any atom is 0.241 e. The predicted octanol–water partition coefficient (Wildman–Crippen LogP) is 4.33. The van der Waals surface area contributed by atoms with Crippen LogP contribution in [0.2, 0.25) is 0 Å². The maximum atomic E-state index is 13.4. The summed E-state index contributed by atoms with van der Waals surface area (Å²) in [5.41, 5.74) is 3.42. The summed E-state index contributed by atoms with van der Waals surface area (Å²) in [5, 5.41) is 0. The van der Waals surface area contributed by atoms with Crippen LogP contribution in [0.5, 0.6) is 0 Å². The number of ether oxygens (including phenoxy) is 1. The van der Waals surface area contributed by atoms with Crippen molar-refractivity contribution in [1.29, 1.82) is 0 Å². The first-order valence-electron chi connectivity index (χ1n) is 8.89. The van der Waals surface area contributed by atoms with E-state index in [0.717, 1.165) is 22.8 Å². The molecule has 4 nitrogen and oxygen atoms in total. The van der Waals surface area contributed by atoms with Gasteiger partial charge in [-0.2, -0.15) is 0 Å². The van der Waals surface area contributed by atoms with Crippen molar-refractivity contribution in [2.24, 2.45) is 0 Å². The fourth-order valence-corrected chi connectivity index (χ4v) is 4.01. The Balaban J connectivity index is 1.54. The zero-order valence-corrected chi connectivity index (χ0v) is 16.4. The molecule has 0 aliphatic rings. The first-order chi connectivity index (χ1) is 13.4. The van der Waals surface area contributed by atoms with E-state index in [1.54, 1.807) is 6.92 Å². The fourth-order valence-electron chi connectivity index (χ4n) is 2.73. The first kappa shape index (κ1) is 20.2. The summed E-state index contributed by atoms with van der Waals surface area (Å²) in [5.74, 6) is -0.578. The third-order valence-electron chi connectivity index (χ3n) is 4.31. The van der Waals surface area contributed by atoms with Crippen molar-refractivity contribution in [3.8, 4) is 0 Å². The van der Waals surface area contributed by atoms with Gasteiger partial charge in [-0.25, -0.2) is 17.5 Å². The lowest BCUT2D eigenvalue weighted by atomic mass is 10.1. The van der Waals surface area contributed by atoms with Gasteiger partial charge in [0.25, 0.3) is 0 Å². The number of aryl methyl sites for hydroxylation is 1. The quantitative estimate of drug-likeness (QED) is 0.613. The molecule has 0 amide bonds. The van der Waals surface area contributed by atoms with Gasteiger partial charge in [-0.1, -0.05) is 60.7 Å². The highest BCUT2D eigenvalue weighted by Crippen LogP contribution is 2.17. The molecular weight excluding hydrogens is 377 g/mol. The Morgan fingerprint density at radius 1 is 0.857 bits per heavy atom. The van der Waals surface area contributed by atoms with Gasteiger partial charge in [0.1, 0.15) is 5.82 Å². The van der Waals surface area contributed by atoms with Crippen LogP contribution in [0, 0.1) is 12.7 Å². The van der Waals surface area contributed by atoms with Crippen LogP contribution in [0.4, 0.5) is 4.39 Å². The second kappa shape index (κ2) is 9.10. The minimum Gasteiger partial charge on any atom is -0.372 e. The van der Waals surface area contributed by atoms with Gasteiger partial charge >= 0.3 is 0 Å². The molecule has 0 radical (unpaired) electrons. The van der Waals surface area contributed by atoms with E-state index in [9.17, 15) is 12.8 Å². The normalized spacial score (nSPS) is 11.5. The average Bonchev–Trinajstić information content (AvgIpc) is 2.70. The summed E-state index contributed by atoms with van der Waals surface area (Å²) in [4.78, 5) is -0.0431. The van der Waals surface area contributed by atoms with Crippen molar-refractivity contribution in [2.45, 2.75) is 31.6 Å². The van der Waals surface area contributed by atoms with Crippen LogP contribution < -0.4 is 4.72 Å². The third-order valence-corrected chi connectivity index (χ3v) is 5.85. The molecule has 0 heterocycles. The summed E-state index contributed by atoms with van der Waals surface area (Å²) < 4.78 is 46.5. The lowest BCUT2D eigenvalue weighted by Crippen LogP contribution is -2.24. The number of benzene rings is 3. The van der Waals surface area contributed by atoms with Gasteiger partial charge in [-0.05, 0) is 41.3 Å². The summed E-state index contributed by atoms with van der Waals surface area (Å²) >= 11 is 0. The molecule has 146 valence electrons. The Morgan fingerprint density at radius 2 is 1.46 bits per heavy atom. The number of halogens is 1. The fraction of sp³-hybridized carbons (Fsp3) is 0.182. The molecule has 0 bridgehead atoms. The highest BCUT2D eigenvalue weighted by atomic mass is 32.2. The molecule has 0 aliphatic carbocycles. The van der Waals surface area contributed by atoms with E-state index in [0.29, 0.717) is 18.8 Å². The highest BCUT2D eigenvalue weighted by Gasteiger charge is 2.17. The zero-order chi connectivity index (χ0) is 20.0. The van der Waals surface area contributed by atoms with Crippen LogP contribution in [0.3, 0.4) is 0 Å². The molecule has 0 saturated carbocycles. The molecule has 0 spiro atoms. The van der Waals surface area contributed by atoms with Crippen LogP contribution in [0.15, 0.2) is 77.7 Å². The van der Waals surface area contributed by atoms with E-state index in [1.165, 1.54) is 12.1 Å². The van der Waals surface area contributed by atoms with Crippen LogP contribution >= 0.6 is 0 Å². The Kier molecular flexibility index (Phi) is 6.57.